The van der Waals surface area contributed by atoms with Crippen molar-refractivity contribution in [3.63, 3.8) is 0 Å². The third-order valence-electron chi connectivity index (χ3n) is 4.05. The quantitative estimate of drug-likeness (QED) is 0.558. The maximum absolute atomic E-state index is 13.1. The molecule has 0 amide bonds. The molecule has 0 bridgehead atoms. The van der Waals surface area contributed by atoms with E-state index in [4.69, 9.17) is 4.98 Å². The van der Waals surface area contributed by atoms with Crippen LogP contribution in [0.2, 0.25) is 0 Å². The fraction of sp³-hybridized carbons (Fsp3) is 0.100. The molecular weight excluding hydrogens is 301 g/mol. The number of fused-ring (bicyclic) bond motifs is 1. The number of aryl methyl sites for hydroxylation is 1. The van der Waals surface area contributed by atoms with Gasteiger partial charge in [-0.05, 0) is 48.9 Å². The van der Waals surface area contributed by atoms with Gasteiger partial charge in [-0.1, -0.05) is 29.8 Å². The Hall–Kier alpha value is -3.01. The number of aromatic nitrogens is 3. The van der Waals surface area contributed by atoms with Crippen molar-refractivity contribution in [2.45, 2.75) is 13.3 Å². The minimum absolute atomic E-state index is 0.229. The molecule has 0 spiro atoms. The van der Waals surface area contributed by atoms with E-state index >= 15 is 0 Å². The van der Waals surface area contributed by atoms with Crippen LogP contribution in [0.25, 0.3) is 16.9 Å². The van der Waals surface area contributed by atoms with E-state index in [1.165, 1.54) is 17.7 Å². The first-order valence-corrected chi connectivity index (χ1v) is 7.84. The zero-order chi connectivity index (χ0) is 16.5. The van der Waals surface area contributed by atoms with E-state index in [0.29, 0.717) is 6.42 Å². The van der Waals surface area contributed by atoms with Crippen LogP contribution in [0.1, 0.15) is 17.0 Å². The standard InChI is InChI=1S/C20H16FN3/c1-14-4-10-17(11-5-14)24-19(13-15-6-8-16(21)9-7-15)23-18-3-2-12-22-20(18)24/h2-12H,13H2,1H3. The maximum atomic E-state index is 13.1. The minimum atomic E-state index is -0.229. The predicted octanol–water partition coefficient (Wildman–Crippen LogP) is 4.46. The zero-order valence-corrected chi connectivity index (χ0v) is 13.3. The first-order valence-electron chi connectivity index (χ1n) is 7.84. The van der Waals surface area contributed by atoms with Gasteiger partial charge in [0.1, 0.15) is 17.2 Å². The van der Waals surface area contributed by atoms with Crippen molar-refractivity contribution in [2.75, 3.05) is 0 Å². The molecule has 0 aliphatic heterocycles. The SMILES string of the molecule is Cc1ccc(-n2c(Cc3ccc(F)cc3)nc3cccnc32)cc1. The van der Waals surface area contributed by atoms with Gasteiger partial charge in [0, 0.05) is 18.3 Å². The van der Waals surface area contributed by atoms with Crippen LogP contribution in [0, 0.1) is 12.7 Å². The van der Waals surface area contributed by atoms with Gasteiger partial charge in [0.15, 0.2) is 5.65 Å². The van der Waals surface area contributed by atoms with Crippen LogP contribution in [-0.4, -0.2) is 14.5 Å². The predicted molar refractivity (Wildman–Crippen MR) is 92.8 cm³/mol. The molecule has 0 saturated carbocycles. The third-order valence-corrected chi connectivity index (χ3v) is 4.05. The van der Waals surface area contributed by atoms with E-state index in [-0.39, 0.29) is 5.82 Å². The van der Waals surface area contributed by atoms with Crippen LogP contribution >= 0.6 is 0 Å². The second-order valence-electron chi connectivity index (χ2n) is 5.85. The molecular formula is C20H16FN3. The van der Waals surface area contributed by atoms with Crippen LogP contribution in [0.5, 0.6) is 0 Å². The number of rotatable bonds is 3. The number of nitrogens with zero attached hydrogens (tertiary/aromatic N) is 3. The summed E-state index contributed by atoms with van der Waals surface area (Å²) in [4.78, 5) is 9.23. The van der Waals surface area contributed by atoms with E-state index in [0.717, 1.165) is 28.2 Å². The van der Waals surface area contributed by atoms with Crippen LogP contribution in [-0.2, 0) is 6.42 Å². The number of hydrogen-bond acceptors (Lipinski definition) is 2. The molecule has 0 aliphatic rings. The first kappa shape index (κ1) is 14.6. The third kappa shape index (κ3) is 2.67. The molecule has 4 aromatic rings. The minimum Gasteiger partial charge on any atom is -0.280 e. The highest BCUT2D eigenvalue weighted by Crippen LogP contribution is 2.22. The Morgan fingerprint density at radius 2 is 1.71 bits per heavy atom. The molecule has 0 saturated heterocycles. The largest absolute Gasteiger partial charge is 0.280 e. The summed E-state index contributed by atoms with van der Waals surface area (Å²) < 4.78 is 15.2. The van der Waals surface area contributed by atoms with Crippen LogP contribution < -0.4 is 0 Å². The molecule has 118 valence electrons. The maximum Gasteiger partial charge on any atom is 0.164 e. The lowest BCUT2D eigenvalue weighted by molar-refractivity contribution is 0.627. The summed E-state index contributed by atoms with van der Waals surface area (Å²) in [5, 5.41) is 0. The molecule has 2 heterocycles. The molecule has 4 heteroatoms. The summed E-state index contributed by atoms with van der Waals surface area (Å²) in [5.74, 6) is 0.659. The molecule has 0 radical (unpaired) electrons. The topological polar surface area (TPSA) is 30.7 Å². The smallest absolute Gasteiger partial charge is 0.164 e. The van der Waals surface area contributed by atoms with Gasteiger partial charge in [0.25, 0.3) is 0 Å². The van der Waals surface area contributed by atoms with Crippen molar-refractivity contribution in [2.24, 2.45) is 0 Å². The van der Waals surface area contributed by atoms with Gasteiger partial charge in [-0.15, -0.1) is 0 Å². The average molecular weight is 317 g/mol. The van der Waals surface area contributed by atoms with Gasteiger partial charge < -0.3 is 0 Å². The lowest BCUT2D eigenvalue weighted by atomic mass is 10.1. The van der Waals surface area contributed by atoms with Gasteiger partial charge in [0.05, 0.1) is 0 Å². The normalized spacial score (nSPS) is 11.1. The molecule has 0 atom stereocenters. The van der Waals surface area contributed by atoms with Gasteiger partial charge >= 0.3 is 0 Å². The molecule has 3 nitrogen and oxygen atoms in total. The summed E-state index contributed by atoms with van der Waals surface area (Å²) in [6.45, 7) is 2.06. The Morgan fingerprint density at radius 3 is 2.46 bits per heavy atom. The Kier molecular flexibility index (Phi) is 3.58. The Labute approximate surface area is 139 Å². The summed E-state index contributed by atoms with van der Waals surface area (Å²) in [6.07, 6.45) is 2.39. The lowest BCUT2D eigenvalue weighted by Gasteiger charge is -2.09. The summed E-state index contributed by atoms with van der Waals surface area (Å²) in [5.41, 5.74) is 4.93. The monoisotopic (exact) mass is 317 g/mol. The Bertz CT molecular complexity index is 986. The fourth-order valence-electron chi connectivity index (χ4n) is 2.83. The van der Waals surface area contributed by atoms with E-state index in [1.807, 2.05) is 12.1 Å². The van der Waals surface area contributed by atoms with Crippen molar-refractivity contribution < 1.29 is 4.39 Å². The highest BCUT2D eigenvalue weighted by Gasteiger charge is 2.13. The molecule has 24 heavy (non-hydrogen) atoms. The zero-order valence-electron chi connectivity index (χ0n) is 13.3. The van der Waals surface area contributed by atoms with Gasteiger partial charge in [-0.2, -0.15) is 0 Å². The van der Waals surface area contributed by atoms with Gasteiger partial charge in [-0.3, -0.25) is 4.57 Å². The van der Waals surface area contributed by atoms with Crippen molar-refractivity contribution in [1.82, 2.24) is 14.5 Å². The second-order valence-corrected chi connectivity index (χ2v) is 5.85. The first-order chi connectivity index (χ1) is 11.7. The molecule has 4 rings (SSSR count). The molecule has 2 aromatic heterocycles. The molecule has 0 fully saturated rings. The lowest BCUT2D eigenvalue weighted by Crippen LogP contribution is -2.03. The molecule has 2 aromatic carbocycles. The van der Waals surface area contributed by atoms with Crippen LogP contribution in [0.15, 0.2) is 66.9 Å². The van der Waals surface area contributed by atoms with Crippen LogP contribution in [0.4, 0.5) is 4.39 Å². The Balaban J connectivity index is 1.86. The summed E-state index contributed by atoms with van der Waals surface area (Å²) in [7, 11) is 0. The van der Waals surface area contributed by atoms with E-state index in [9.17, 15) is 4.39 Å². The summed E-state index contributed by atoms with van der Waals surface area (Å²) >= 11 is 0. The highest BCUT2D eigenvalue weighted by atomic mass is 19.1. The highest BCUT2D eigenvalue weighted by molar-refractivity contribution is 5.74. The second kappa shape index (κ2) is 5.89. The number of benzene rings is 2. The van der Waals surface area contributed by atoms with E-state index < -0.39 is 0 Å². The molecule has 0 aliphatic carbocycles. The molecule has 0 unspecified atom stereocenters. The van der Waals surface area contributed by atoms with Crippen molar-refractivity contribution in [1.29, 1.82) is 0 Å². The number of hydrogen-bond donors (Lipinski definition) is 0. The average Bonchev–Trinajstić information content (AvgIpc) is 2.96. The van der Waals surface area contributed by atoms with E-state index in [2.05, 4.69) is 40.7 Å². The Morgan fingerprint density at radius 1 is 0.958 bits per heavy atom. The fourth-order valence-corrected chi connectivity index (χ4v) is 2.83. The van der Waals surface area contributed by atoms with E-state index in [1.54, 1.807) is 18.3 Å². The number of halogens is 1. The van der Waals surface area contributed by atoms with Crippen molar-refractivity contribution >= 4 is 11.2 Å². The molecule has 0 N–H and O–H groups in total. The summed E-state index contributed by atoms with van der Waals surface area (Å²) in [6, 6.07) is 18.7. The number of imidazole rings is 1. The van der Waals surface area contributed by atoms with Crippen molar-refractivity contribution in [3.05, 3.63) is 89.6 Å². The van der Waals surface area contributed by atoms with Crippen molar-refractivity contribution in [3.8, 4) is 5.69 Å². The van der Waals surface area contributed by atoms with Gasteiger partial charge in [-0.25, -0.2) is 14.4 Å². The van der Waals surface area contributed by atoms with Crippen LogP contribution in [0.3, 0.4) is 0 Å². The van der Waals surface area contributed by atoms with Gasteiger partial charge in [0.2, 0.25) is 0 Å². The number of pyridine rings is 1.